The zero-order valence-electron chi connectivity index (χ0n) is 28.0. The maximum Gasteiger partial charge on any atom is 0.249 e. The van der Waals surface area contributed by atoms with Crippen LogP contribution in [0.15, 0.2) is 170 Å². The third-order valence-corrected chi connectivity index (χ3v) is 9.19. The molecule has 2 amide bonds. The molecule has 8 aromatic rings. The standard InChI is InChI=1S/C46H32N2O4/c47-45(49)41-15-7-13-37-35(41)25-27-39(43(37)29-17-21-33(22-18-29)51-31-9-3-1-4-10-31)40-28-26-36-38(14-8-16-42(36)46(48)50)44(40)30-19-23-34(24-20-30)52-32-11-5-2-6-12-32/h1-28H,(H2,47,49)(H2,48,50). The predicted octanol–water partition coefficient (Wildman–Crippen LogP) is 10.8. The zero-order valence-corrected chi connectivity index (χ0v) is 28.0. The first-order valence-corrected chi connectivity index (χ1v) is 16.8. The number of hydrogen-bond acceptors (Lipinski definition) is 4. The summed E-state index contributed by atoms with van der Waals surface area (Å²) in [6.45, 7) is 0. The number of hydrogen-bond donors (Lipinski definition) is 2. The van der Waals surface area contributed by atoms with Gasteiger partial charge in [-0.2, -0.15) is 0 Å². The highest BCUT2D eigenvalue weighted by Gasteiger charge is 2.21. The van der Waals surface area contributed by atoms with Gasteiger partial charge in [0.25, 0.3) is 0 Å². The van der Waals surface area contributed by atoms with Crippen molar-refractivity contribution in [3.05, 3.63) is 181 Å². The fourth-order valence-corrected chi connectivity index (χ4v) is 6.84. The lowest BCUT2D eigenvalue weighted by molar-refractivity contribution is 0.0993. The van der Waals surface area contributed by atoms with Crippen LogP contribution in [0.5, 0.6) is 23.0 Å². The van der Waals surface area contributed by atoms with Crippen molar-refractivity contribution in [2.24, 2.45) is 11.5 Å². The maximum absolute atomic E-state index is 12.6. The number of ether oxygens (including phenoxy) is 2. The minimum Gasteiger partial charge on any atom is -0.457 e. The van der Waals surface area contributed by atoms with Gasteiger partial charge in [0, 0.05) is 11.1 Å². The number of fused-ring (bicyclic) bond motifs is 2. The van der Waals surface area contributed by atoms with E-state index in [0.29, 0.717) is 22.6 Å². The number of nitrogens with two attached hydrogens (primary N) is 2. The molecule has 52 heavy (non-hydrogen) atoms. The largest absolute Gasteiger partial charge is 0.457 e. The molecule has 8 aromatic carbocycles. The van der Waals surface area contributed by atoms with E-state index in [1.54, 1.807) is 12.1 Å². The van der Waals surface area contributed by atoms with Crippen molar-refractivity contribution in [2.75, 3.05) is 0 Å². The van der Waals surface area contributed by atoms with E-state index < -0.39 is 11.8 Å². The fraction of sp³-hybridized carbons (Fsp3) is 0. The molecule has 250 valence electrons. The Morgan fingerprint density at radius 2 is 0.712 bits per heavy atom. The first-order valence-electron chi connectivity index (χ1n) is 16.8. The topological polar surface area (TPSA) is 105 Å². The van der Waals surface area contributed by atoms with Crippen LogP contribution in [0.4, 0.5) is 0 Å². The van der Waals surface area contributed by atoms with E-state index in [-0.39, 0.29) is 0 Å². The predicted molar refractivity (Wildman–Crippen MR) is 208 cm³/mol. The van der Waals surface area contributed by atoms with Crippen LogP contribution in [0, 0.1) is 0 Å². The fourth-order valence-electron chi connectivity index (χ4n) is 6.84. The molecule has 0 aromatic heterocycles. The highest BCUT2D eigenvalue weighted by Crippen LogP contribution is 2.46. The SMILES string of the molecule is NC(=O)c1cccc2c(-c3ccc(Oc4ccccc4)cc3)c(-c3ccc4c(C(N)=O)cccc4c3-c3ccc(Oc4ccccc4)cc3)ccc12. The van der Waals surface area contributed by atoms with Gasteiger partial charge in [-0.1, -0.05) is 109 Å². The number of amides is 2. The van der Waals surface area contributed by atoms with Gasteiger partial charge in [-0.15, -0.1) is 0 Å². The van der Waals surface area contributed by atoms with Crippen molar-refractivity contribution in [1.82, 2.24) is 0 Å². The molecule has 4 N–H and O–H groups in total. The Hall–Kier alpha value is -7.18. The Labute approximate surface area is 300 Å². The Balaban J connectivity index is 1.35. The smallest absolute Gasteiger partial charge is 0.249 e. The van der Waals surface area contributed by atoms with Gasteiger partial charge in [-0.05, 0) is 116 Å². The quantitative estimate of drug-likeness (QED) is 0.159. The molecule has 0 spiro atoms. The van der Waals surface area contributed by atoms with Crippen molar-refractivity contribution < 1.29 is 19.1 Å². The summed E-state index contributed by atoms with van der Waals surface area (Å²) in [7, 11) is 0. The van der Waals surface area contributed by atoms with Gasteiger partial charge in [0.1, 0.15) is 23.0 Å². The molecule has 0 unspecified atom stereocenters. The molecular weight excluding hydrogens is 645 g/mol. The minimum absolute atomic E-state index is 0.438. The Morgan fingerprint density at radius 1 is 0.346 bits per heavy atom. The van der Waals surface area contributed by atoms with E-state index in [0.717, 1.165) is 66.4 Å². The van der Waals surface area contributed by atoms with Crippen LogP contribution in [0.2, 0.25) is 0 Å². The number of primary amides is 2. The summed E-state index contributed by atoms with van der Waals surface area (Å²) in [4.78, 5) is 25.2. The zero-order chi connectivity index (χ0) is 35.6. The summed E-state index contributed by atoms with van der Waals surface area (Å²) >= 11 is 0. The van der Waals surface area contributed by atoms with E-state index in [2.05, 4.69) is 0 Å². The average molecular weight is 677 g/mol. The maximum atomic E-state index is 12.6. The molecule has 0 aliphatic rings. The third-order valence-electron chi connectivity index (χ3n) is 9.19. The Kier molecular flexibility index (Phi) is 8.39. The molecule has 6 heteroatoms. The van der Waals surface area contributed by atoms with Crippen LogP contribution < -0.4 is 20.9 Å². The average Bonchev–Trinajstić information content (AvgIpc) is 3.18. The number of para-hydroxylation sites is 2. The highest BCUT2D eigenvalue weighted by molar-refractivity contribution is 6.17. The first kappa shape index (κ1) is 32.0. The van der Waals surface area contributed by atoms with Gasteiger partial charge >= 0.3 is 0 Å². The van der Waals surface area contributed by atoms with Gasteiger partial charge < -0.3 is 20.9 Å². The van der Waals surface area contributed by atoms with Gasteiger partial charge in [-0.3, -0.25) is 9.59 Å². The lowest BCUT2D eigenvalue weighted by Crippen LogP contribution is -2.11. The molecule has 0 saturated heterocycles. The van der Waals surface area contributed by atoms with Gasteiger partial charge in [0.2, 0.25) is 11.8 Å². The molecule has 0 heterocycles. The van der Waals surface area contributed by atoms with Crippen LogP contribution in [-0.2, 0) is 0 Å². The second kappa shape index (κ2) is 13.6. The molecule has 0 saturated carbocycles. The minimum atomic E-state index is -0.501. The van der Waals surface area contributed by atoms with Gasteiger partial charge in [0.15, 0.2) is 0 Å². The van der Waals surface area contributed by atoms with Crippen LogP contribution >= 0.6 is 0 Å². The van der Waals surface area contributed by atoms with E-state index >= 15 is 0 Å². The van der Waals surface area contributed by atoms with Crippen LogP contribution in [0.1, 0.15) is 20.7 Å². The third kappa shape index (κ3) is 6.10. The summed E-state index contributed by atoms with van der Waals surface area (Å²) in [6.07, 6.45) is 0. The van der Waals surface area contributed by atoms with Crippen molar-refractivity contribution in [3.8, 4) is 56.4 Å². The molecule has 8 rings (SSSR count). The van der Waals surface area contributed by atoms with Crippen molar-refractivity contribution in [3.63, 3.8) is 0 Å². The molecule has 0 radical (unpaired) electrons. The van der Waals surface area contributed by atoms with Crippen molar-refractivity contribution >= 4 is 33.4 Å². The first-order chi connectivity index (χ1) is 25.4. The molecule has 0 aliphatic carbocycles. The van der Waals surface area contributed by atoms with Gasteiger partial charge in [0.05, 0.1) is 0 Å². The summed E-state index contributed by atoms with van der Waals surface area (Å²) in [5.74, 6) is 1.86. The van der Waals surface area contributed by atoms with Gasteiger partial charge in [-0.25, -0.2) is 0 Å². The second-order valence-corrected chi connectivity index (χ2v) is 12.4. The normalized spacial score (nSPS) is 11.0. The highest BCUT2D eigenvalue weighted by atomic mass is 16.5. The van der Waals surface area contributed by atoms with E-state index in [1.807, 2.05) is 158 Å². The molecule has 0 atom stereocenters. The summed E-state index contributed by atoms with van der Waals surface area (Å²) in [5.41, 5.74) is 18.2. The van der Waals surface area contributed by atoms with Crippen LogP contribution in [0.25, 0.3) is 54.9 Å². The molecule has 0 aliphatic heterocycles. The summed E-state index contributed by atoms with van der Waals surface area (Å²) in [5, 5.41) is 3.24. The van der Waals surface area contributed by atoms with E-state index in [9.17, 15) is 9.59 Å². The van der Waals surface area contributed by atoms with Crippen LogP contribution in [-0.4, -0.2) is 11.8 Å². The monoisotopic (exact) mass is 676 g/mol. The number of carbonyl (C=O) groups is 2. The lowest BCUT2D eigenvalue weighted by atomic mass is 9.83. The van der Waals surface area contributed by atoms with Crippen molar-refractivity contribution in [1.29, 1.82) is 0 Å². The lowest BCUT2D eigenvalue weighted by Gasteiger charge is -2.20. The number of carbonyl (C=O) groups excluding carboxylic acids is 2. The Morgan fingerprint density at radius 3 is 1.08 bits per heavy atom. The van der Waals surface area contributed by atoms with E-state index in [4.69, 9.17) is 20.9 Å². The molecule has 6 nitrogen and oxygen atoms in total. The van der Waals surface area contributed by atoms with Crippen molar-refractivity contribution in [2.45, 2.75) is 0 Å². The second-order valence-electron chi connectivity index (χ2n) is 12.4. The Bertz CT molecular complexity index is 2420. The number of rotatable bonds is 9. The summed E-state index contributed by atoms with van der Waals surface area (Å²) < 4.78 is 12.2. The summed E-state index contributed by atoms with van der Waals surface area (Å²) in [6, 6.07) is 54.3. The van der Waals surface area contributed by atoms with E-state index in [1.165, 1.54) is 0 Å². The van der Waals surface area contributed by atoms with Crippen LogP contribution in [0.3, 0.4) is 0 Å². The number of benzene rings is 8. The molecule has 0 bridgehead atoms. The molecular formula is C46H32N2O4. The molecule has 0 fully saturated rings.